The van der Waals surface area contributed by atoms with Gasteiger partial charge < -0.3 is 9.64 Å². The predicted molar refractivity (Wildman–Crippen MR) is 68.3 cm³/mol. The molecule has 0 aromatic carbocycles. The van der Waals surface area contributed by atoms with Crippen molar-refractivity contribution in [2.24, 2.45) is 5.92 Å². The molecule has 1 saturated heterocycles. The Morgan fingerprint density at radius 2 is 2.37 bits per heavy atom. The number of aromatic nitrogens is 2. The van der Waals surface area contributed by atoms with Gasteiger partial charge in [-0.15, -0.1) is 0 Å². The third-order valence-corrected chi connectivity index (χ3v) is 3.43. The number of hydrogen-bond acceptors (Lipinski definition) is 5. The average Bonchev–Trinajstić information content (AvgIpc) is 2.46. The number of aryl methyl sites for hydroxylation is 1. The van der Waals surface area contributed by atoms with Crippen LogP contribution in [0.4, 0.5) is 10.2 Å². The van der Waals surface area contributed by atoms with Crippen LogP contribution in [0.25, 0.3) is 0 Å². The van der Waals surface area contributed by atoms with Crippen LogP contribution in [-0.4, -0.2) is 36.1 Å². The molecule has 0 amide bonds. The third kappa shape index (κ3) is 2.83. The summed E-state index contributed by atoms with van der Waals surface area (Å²) in [6.45, 7) is 3.00. The molecule has 0 spiro atoms. The van der Waals surface area contributed by atoms with Gasteiger partial charge in [-0.25, -0.2) is 14.4 Å². The number of esters is 1. The zero-order valence-corrected chi connectivity index (χ0v) is 11.2. The van der Waals surface area contributed by atoms with Crippen molar-refractivity contribution in [1.82, 2.24) is 9.97 Å². The van der Waals surface area contributed by atoms with Gasteiger partial charge in [0.15, 0.2) is 11.6 Å². The van der Waals surface area contributed by atoms with Crippen LogP contribution in [0.1, 0.15) is 25.5 Å². The van der Waals surface area contributed by atoms with Crippen molar-refractivity contribution in [2.45, 2.75) is 26.2 Å². The lowest BCUT2D eigenvalue weighted by molar-refractivity contribution is -0.145. The second kappa shape index (κ2) is 5.95. The van der Waals surface area contributed by atoms with Gasteiger partial charge in [0.05, 0.1) is 18.7 Å². The van der Waals surface area contributed by atoms with E-state index in [1.807, 2.05) is 6.92 Å². The first-order chi connectivity index (χ1) is 9.17. The number of ether oxygens (including phenoxy) is 1. The fourth-order valence-electron chi connectivity index (χ4n) is 2.39. The third-order valence-electron chi connectivity index (χ3n) is 3.43. The number of carbonyl (C=O) groups is 1. The van der Waals surface area contributed by atoms with Crippen LogP contribution in [0.15, 0.2) is 6.33 Å². The highest BCUT2D eigenvalue weighted by molar-refractivity contribution is 5.73. The summed E-state index contributed by atoms with van der Waals surface area (Å²) in [5.41, 5.74) is 0.408. The maximum Gasteiger partial charge on any atom is 0.310 e. The van der Waals surface area contributed by atoms with Gasteiger partial charge in [0.1, 0.15) is 6.33 Å². The number of methoxy groups -OCH3 is 1. The Kier molecular flexibility index (Phi) is 4.29. The van der Waals surface area contributed by atoms with E-state index in [4.69, 9.17) is 4.74 Å². The zero-order chi connectivity index (χ0) is 13.8. The lowest BCUT2D eigenvalue weighted by Crippen LogP contribution is -2.40. The molecule has 1 fully saturated rings. The van der Waals surface area contributed by atoms with Gasteiger partial charge >= 0.3 is 5.97 Å². The minimum absolute atomic E-state index is 0.210. The number of anilines is 1. The van der Waals surface area contributed by atoms with Crippen molar-refractivity contribution in [3.8, 4) is 0 Å². The van der Waals surface area contributed by atoms with Crippen molar-refractivity contribution < 1.29 is 13.9 Å². The van der Waals surface area contributed by atoms with Crippen LogP contribution in [0.5, 0.6) is 0 Å². The van der Waals surface area contributed by atoms with E-state index in [-0.39, 0.29) is 17.7 Å². The minimum Gasteiger partial charge on any atom is -0.469 e. The highest BCUT2D eigenvalue weighted by Gasteiger charge is 2.29. The van der Waals surface area contributed by atoms with E-state index in [1.165, 1.54) is 13.4 Å². The molecule has 1 aromatic heterocycles. The fourth-order valence-corrected chi connectivity index (χ4v) is 2.39. The quantitative estimate of drug-likeness (QED) is 0.778. The van der Waals surface area contributed by atoms with Crippen LogP contribution >= 0.6 is 0 Å². The molecule has 1 unspecified atom stereocenters. The molecular weight excluding hydrogens is 249 g/mol. The van der Waals surface area contributed by atoms with E-state index in [9.17, 15) is 9.18 Å². The summed E-state index contributed by atoms with van der Waals surface area (Å²) < 4.78 is 18.9. The topological polar surface area (TPSA) is 55.3 Å². The number of halogens is 1. The van der Waals surface area contributed by atoms with Crippen molar-refractivity contribution >= 4 is 11.8 Å². The summed E-state index contributed by atoms with van der Waals surface area (Å²) in [6, 6.07) is 0. The first-order valence-electron chi connectivity index (χ1n) is 6.49. The smallest absolute Gasteiger partial charge is 0.310 e. The monoisotopic (exact) mass is 267 g/mol. The van der Waals surface area contributed by atoms with Crippen molar-refractivity contribution in [3.63, 3.8) is 0 Å². The maximum absolute atomic E-state index is 14.2. The molecule has 1 atom stereocenters. The molecule has 2 rings (SSSR count). The molecule has 1 aliphatic heterocycles. The Morgan fingerprint density at radius 3 is 3.05 bits per heavy atom. The normalized spacial score (nSPS) is 19.3. The van der Waals surface area contributed by atoms with Gasteiger partial charge in [0.2, 0.25) is 0 Å². The van der Waals surface area contributed by atoms with Crippen LogP contribution in [0.2, 0.25) is 0 Å². The first kappa shape index (κ1) is 13.7. The average molecular weight is 267 g/mol. The van der Waals surface area contributed by atoms with Gasteiger partial charge in [-0.1, -0.05) is 6.92 Å². The molecule has 1 aromatic rings. The molecule has 5 nitrogen and oxygen atoms in total. The molecule has 0 aliphatic carbocycles. The second-order valence-electron chi connectivity index (χ2n) is 4.62. The number of hydrogen-bond donors (Lipinski definition) is 0. The van der Waals surface area contributed by atoms with E-state index in [2.05, 4.69) is 9.97 Å². The van der Waals surface area contributed by atoms with Crippen molar-refractivity contribution in [3.05, 3.63) is 17.8 Å². The van der Waals surface area contributed by atoms with Gasteiger partial charge in [0, 0.05) is 13.1 Å². The number of piperidine rings is 1. The van der Waals surface area contributed by atoms with Crippen LogP contribution in [-0.2, 0) is 16.0 Å². The van der Waals surface area contributed by atoms with Gasteiger partial charge in [-0.05, 0) is 19.3 Å². The Labute approximate surface area is 111 Å². The van der Waals surface area contributed by atoms with Gasteiger partial charge in [-0.2, -0.15) is 0 Å². The van der Waals surface area contributed by atoms with E-state index < -0.39 is 0 Å². The number of rotatable bonds is 3. The summed E-state index contributed by atoms with van der Waals surface area (Å²) in [6.07, 6.45) is 3.50. The lowest BCUT2D eigenvalue weighted by atomic mass is 9.98. The van der Waals surface area contributed by atoms with E-state index >= 15 is 0 Å². The van der Waals surface area contributed by atoms with Crippen molar-refractivity contribution in [1.29, 1.82) is 0 Å². The van der Waals surface area contributed by atoms with Crippen LogP contribution in [0, 0.1) is 11.7 Å². The summed E-state index contributed by atoms with van der Waals surface area (Å²) >= 11 is 0. The molecule has 0 N–H and O–H groups in total. The van der Waals surface area contributed by atoms with Crippen LogP contribution < -0.4 is 4.90 Å². The predicted octanol–water partition coefficient (Wildman–Crippen LogP) is 1.57. The summed E-state index contributed by atoms with van der Waals surface area (Å²) in [4.78, 5) is 21.3. The SMILES string of the molecule is CCc1ncnc(N2CCCC(C(=O)OC)C2)c1F. The number of nitrogens with zero attached hydrogens (tertiary/aromatic N) is 3. The molecule has 104 valence electrons. The summed E-state index contributed by atoms with van der Waals surface area (Å²) in [5.74, 6) is -0.538. The van der Waals surface area contributed by atoms with E-state index in [0.29, 0.717) is 31.0 Å². The molecule has 19 heavy (non-hydrogen) atoms. The fraction of sp³-hybridized carbons (Fsp3) is 0.615. The van der Waals surface area contributed by atoms with E-state index in [0.717, 1.165) is 12.8 Å². The van der Waals surface area contributed by atoms with Crippen LogP contribution in [0.3, 0.4) is 0 Å². The zero-order valence-electron chi connectivity index (χ0n) is 11.2. The van der Waals surface area contributed by atoms with Crippen molar-refractivity contribution in [2.75, 3.05) is 25.1 Å². The largest absolute Gasteiger partial charge is 0.469 e. The molecular formula is C13H18FN3O2. The Morgan fingerprint density at radius 1 is 1.58 bits per heavy atom. The van der Waals surface area contributed by atoms with E-state index in [1.54, 1.807) is 4.90 Å². The Hall–Kier alpha value is -1.72. The lowest BCUT2D eigenvalue weighted by Gasteiger charge is -2.32. The molecule has 6 heteroatoms. The highest BCUT2D eigenvalue weighted by Crippen LogP contribution is 2.25. The first-order valence-corrected chi connectivity index (χ1v) is 6.49. The summed E-state index contributed by atoms with van der Waals surface area (Å²) in [7, 11) is 1.38. The standard InChI is InChI=1S/C13H18FN3O2/c1-3-10-11(14)12(16-8-15-10)17-6-4-5-9(7-17)13(18)19-2/h8-9H,3-7H2,1-2H3. The maximum atomic E-state index is 14.2. The van der Waals surface area contributed by atoms with Gasteiger partial charge in [0.25, 0.3) is 0 Å². The highest BCUT2D eigenvalue weighted by atomic mass is 19.1. The Balaban J connectivity index is 2.20. The molecule has 0 bridgehead atoms. The second-order valence-corrected chi connectivity index (χ2v) is 4.62. The molecule has 1 aliphatic rings. The molecule has 2 heterocycles. The summed E-state index contributed by atoms with van der Waals surface area (Å²) in [5, 5.41) is 0. The number of carbonyl (C=O) groups excluding carboxylic acids is 1. The van der Waals surface area contributed by atoms with Gasteiger partial charge in [-0.3, -0.25) is 4.79 Å². The Bertz CT molecular complexity index is 467. The molecule has 0 radical (unpaired) electrons. The molecule has 0 saturated carbocycles. The minimum atomic E-state index is -0.379.